The quantitative estimate of drug-likeness (QED) is 0.839. The normalized spacial score (nSPS) is 13.8. The third-order valence-corrected chi connectivity index (χ3v) is 4.33. The fourth-order valence-corrected chi connectivity index (χ4v) is 3.12. The van der Waals surface area contributed by atoms with Crippen LogP contribution >= 0.6 is 0 Å². The van der Waals surface area contributed by atoms with Gasteiger partial charge in [-0.25, -0.2) is 17.5 Å². The minimum atomic E-state index is -3.79. The average Bonchev–Trinajstić information content (AvgIpc) is 2.29. The first kappa shape index (κ1) is 16.1. The van der Waals surface area contributed by atoms with Gasteiger partial charge in [0.1, 0.15) is 5.82 Å². The Balaban J connectivity index is 2.79. The molecule has 1 rings (SSSR count). The summed E-state index contributed by atoms with van der Waals surface area (Å²) in [4.78, 5) is -0.0933. The van der Waals surface area contributed by atoms with Gasteiger partial charge < -0.3 is 5.11 Å². The van der Waals surface area contributed by atoms with E-state index in [-0.39, 0.29) is 22.9 Å². The van der Waals surface area contributed by atoms with Crippen molar-refractivity contribution in [3.63, 3.8) is 0 Å². The van der Waals surface area contributed by atoms with E-state index in [1.54, 1.807) is 0 Å². The molecule has 0 saturated heterocycles. The van der Waals surface area contributed by atoms with E-state index < -0.39 is 21.9 Å². The first-order chi connectivity index (χ1) is 8.74. The molecular formula is C13H20FNO3S. The van der Waals surface area contributed by atoms with Gasteiger partial charge in [0, 0.05) is 12.1 Å². The van der Waals surface area contributed by atoms with Crippen LogP contribution in [0.15, 0.2) is 23.1 Å². The van der Waals surface area contributed by atoms with Crippen LogP contribution in [0.3, 0.4) is 0 Å². The second-order valence-electron chi connectivity index (χ2n) is 5.00. The molecule has 0 saturated carbocycles. The predicted molar refractivity (Wildman–Crippen MR) is 71.8 cm³/mol. The Kier molecular flexibility index (Phi) is 5.46. The van der Waals surface area contributed by atoms with Gasteiger partial charge in [0.05, 0.1) is 11.0 Å². The third-order valence-electron chi connectivity index (χ3n) is 2.76. The Morgan fingerprint density at radius 1 is 1.37 bits per heavy atom. The summed E-state index contributed by atoms with van der Waals surface area (Å²) in [6, 6.07) is 3.90. The van der Waals surface area contributed by atoms with Crippen molar-refractivity contribution in [2.45, 2.75) is 38.2 Å². The highest BCUT2D eigenvalue weighted by molar-refractivity contribution is 7.89. The molecule has 0 fully saturated rings. The zero-order valence-electron chi connectivity index (χ0n) is 11.4. The van der Waals surface area contributed by atoms with Crippen LogP contribution < -0.4 is 4.72 Å². The lowest BCUT2D eigenvalue weighted by Gasteiger charge is -2.15. The molecule has 0 aliphatic rings. The maximum atomic E-state index is 13.3. The first-order valence-electron chi connectivity index (χ1n) is 6.17. The molecule has 0 heterocycles. The van der Waals surface area contributed by atoms with E-state index in [4.69, 9.17) is 0 Å². The third kappa shape index (κ3) is 4.56. The molecule has 0 aliphatic heterocycles. The fourth-order valence-electron chi connectivity index (χ4n) is 1.79. The van der Waals surface area contributed by atoms with E-state index >= 15 is 0 Å². The fraction of sp³-hybridized carbons (Fsp3) is 0.538. The Morgan fingerprint density at radius 3 is 2.58 bits per heavy atom. The van der Waals surface area contributed by atoms with Crippen molar-refractivity contribution in [1.82, 2.24) is 4.72 Å². The Hall–Kier alpha value is -0.980. The maximum absolute atomic E-state index is 13.3. The van der Waals surface area contributed by atoms with Gasteiger partial charge >= 0.3 is 0 Å². The van der Waals surface area contributed by atoms with Gasteiger partial charge in [-0.3, -0.25) is 0 Å². The van der Waals surface area contributed by atoms with Crippen LogP contribution in [0.5, 0.6) is 0 Å². The van der Waals surface area contributed by atoms with Crippen molar-refractivity contribution in [2.75, 3.05) is 6.54 Å². The molecule has 0 amide bonds. The van der Waals surface area contributed by atoms with Crippen LogP contribution in [-0.2, 0) is 10.0 Å². The molecule has 108 valence electrons. The second kappa shape index (κ2) is 6.45. The number of hydrogen-bond donors (Lipinski definition) is 2. The predicted octanol–water partition coefficient (Wildman–Crippen LogP) is 1.82. The van der Waals surface area contributed by atoms with E-state index in [9.17, 15) is 17.9 Å². The van der Waals surface area contributed by atoms with Crippen molar-refractivity contribution < 1.29 is 17.9 Å². The van der Waals surface area contributed by atoms with E-state index in [1.807, 2.05) is 13.8 Å². The largest absolute Gasteiger partial charge is 0.392 e. The molecule has 1 unspecified atom stereocenters. The minimum Gasteiger partial charge on any atom is -0.392 e. The summed E-state index contributed by atoms with van der Waals surface area (Å²) in [7, 11) is -3.79. The zero-order valence-corrected chi connectivity index (χ0v) is 12.2. The Morgan fingerprint density at radius 2 is 2.00 bits per heavy atom. The van der Waals surface area contributed by atoms with Crippen molar-refractivity contribution in [3.05, 3.63) is 29.6 Å². The van der Waals surface area contributed by atoms with Gasteiger partial charge in [-0.15, -0.1) is 0 Å². The summed E-state index contributed by atoms with van der Waals surface area (Å²) >= 11 is 0. The molecule has 0 aliphatic carbocycles. The van der Waals surface area contributed by atoms with Gasteiger partial charge in [0.2, 0.25) is 10.0 Å². The molecule has 0 spiro atoms. The molecule has 1 atom stereocenters. The van der Waals surface area contributed by atoms with E-state index in [1.165, 1.54) is 25.1 Å². The molecule has 0 bridgehead atoms. The maximum Gasteiger partial charge on any atom is 0.241 e. The summed E-state index contributed by atoms with van der Waals surface area (Å²) in [5.41, 5.74) is 0.0772. The van der Waals surface area contributed by atoms with Crippen molar-refractivity contribution in [2.24, 2.45) is 5.92 Å². The average molecular weight is 289 g/mol. The van der Waals surface area contributed by atoms with Gasteiger partial charge in [-0.1, -0.05) is 19.9 Å². The summed E-state index contributed by atoms with van der Waals surface area (Å²) in [5, 5.41) is 9.65. The van der Waals surface area contributed by atoms with Crippen LogP contribution in [0.25, 0.3) is 0 Å². The number of aliphatic hydroxyl groups excluding tert-OH is 1. The van der Waals surface area contributed by atoms with Gasteiger partial charge in [-0.05, 0) is 31.4 Å². The molecule has 1 aromatic rings. The van der Waals surface area contributed by atoms with Gasteiger partial charge in [0.25, 0.3) is 0 Å². The van der Waals surface area contributed by atoms with E-state index in [0.29, 0.717) is 6.42 Å². The highest BCUT2D eigenvalue weighted by Crippen LogP contribution is 2.17. The lowest BCUT2D eigenvalue weighted by molar-refractivity contribution is 0.152. The summed E-state index contributed by atoms with van der Waals surface area (Å²) in [6.45, 7) is 5.22. The molecule has 4 nitrogen and oxygen atoms in total. The summed E-state index contributed by atoms with van der Waals surface area (Å²) < 4.78 is 39.7. The van der Waals surface area contributed by atoms with Crippen LogP contribution in [-0.4, -0.2) is 26.2 Å². The SMILES string of the molecule is Cc1c(F)cccc1S(=O)(=O)NCC(O)CC(C)C. The number of benzene rings is 1. The highest BCUT2D eigenvalue weighted by Gasteiger charge is 2.19. The number of aliphatic hydroxyl groups is 1. The molecule has 0 radical (unpaired) electrons. The van der Waals surface area contributed by atoms with E-state index in [2.05, 4.69) is 4.72 Å². The topological polar surface area (TPSA) is 66.4 Å². The second-order valence-corrected chi connectivity index (χ2v) is 6.73. The van der Waals surface area contributed by atoms with Crippen LogP contribution in [0.2, 0.25) is 0 Å². The van der Waals surface area contributed by atoms with E-state index in [0.717, 1.165) is 0 Å². The Bertz CT molecular complexity index is 529. The standard InChI is InChI=1S/C13H20FNO3S/c1-9(2)7-11(16)8-15-19(17,18)13-6-4-5-12(14)10(13)3/h4-6,9,11,15-16H,7-8H2,1-3H3. The van der Waals surface area contributed by atoms with Gasteiger partial charge in [0.15, 0.2) is 0 Å². The number of nitrogens with one attached hydrogen (secondary N) is 1. The van der Waals surface area contributed by atoms with Crippen LogP contribution in [0.4, 0.5) is 4.39 Å². The first-order valence-corrected chi connectivity index (χ1v) is 7.65. The molecular weight excluding hydrogens is 269 g/mol. The molecule has 1 aromatic carbocycles. The minimum absolute atomic E-state index is 0.0729. The zero-order chi connectivity index (χ0) is 14.6. The van der Waals surface area contributed by atoms with Crippen LogP contribution in [0.1, 0.15) is 25.8 Å². The summed E-state index contributed by atoms with van der Waals surface area (Å²) in [6.07, 6.45) is -0.242. The summed E-state index contributed by atoms with van der Waals surface area (Å²) in [5.74, 6) is -0.291. The van der Waals surface area contributed by atoms with Crippen molar-refractivity contribution in [3.8, 4) is 0 Å². The number of halogens is 1. The van der Waals surface area contributed by atoms with Crippen molar-refractivity contribution in [1.29, 1.82) is 0 Å². The number of rotatable bonds is 6. The molecule has 19 heavy (non-hydrogen) atoms. The lowest BCUT2D eigenvalue weighted by Crippen LogP contribution is -2.33. The van der Waals surface area contributed by atoms with Gasteiger partial charge in [-0.2, -0.15) is 0 Å². The smallest absolute Gasteiger partial charge is 0.241 e. The monoisotopic (exact) mass is 289 g/mol. The lowest BCUT2D eigenvalue weighted by atomic mass is 10.1. The number of sulfonamides is 1. The molecule has 0 aromatic heterocycles. The molecule has 6 heteroatoms. The number of hydrogen-bond acceptors (Lipinski definition) is 3. The molecule has 2 N–H and O–H groups in total. The van der Waals surface area contributed by atoms with Crippen molar-refractivity contribution >= 4 is 10.0 Å². The Labute approximate surface area is 113 Å². The highest BCUT2D eigenvalue weighted by atomic mass is 32.2. The van der Waals surface area contributed by atoms with Crippen LogP contribution in [0, 0.1) is 18.7 Å².